The van der Waals surface area contributed by atoms with Crippen molar-refractivity contribution in [2.45, 2.75) is 38.5 Å². The van der Waals surface area contributed by atoms with Gasteiger partial charge in [-0.1, -0.05) is 11.6 Å². The lowest BCUT2D eigenvalue weighted by Gasteiger charge is -2.26. The minimum absolute atomic E-state index is 0.0898. The monoisotopic (exact) mass is 287 g/mol. The van der Waals surface area contributed by atoms with Gasteiger partial charge in [0.2, 0.25) is 0 Å². The first-order valence-electron chi connectivity index (χ1n) is 6.31. The molecule has 0 radical (unpaired) electrons. The second-order valence-electron chi connectivity index (χ2n) is 4.71. The van der Waals surface area contributed by atoms with Gasteiger partial charge in [0.15, 0.2) is 0 Å². The molecule has 6 nitrogen and oxygen atoms in total. The number of aromatic nitrogens is 2. The summed E-state index contributed by atoms with van der Waals surface area (Å²) >= 11 is 6.00. The van der Waals surface area contributed by atoms with E-state index in [0.717, 1.165) is 0 Å². The van der Waals surface area contributed by atoms with Gasteiger partial charge in [-0.05, 0) is 13.8 Å². The summed E-state index contributed by atoms with van der Waals surface area (Å²) in [5.41, 5.74) is -0.844. The van der Waals surface area contributed by atoms with Crippen molar-refractivity contribution in [1.29, 1.82) is 0 Å². The molecule has 0 aromatic carbocycles. The highest BCUT2D eigenvalue weighted by Gasteiger charge is 2.39. The first-order valence-corrected chi connectivity index (χ1v) is 6.69. The molecule has 0 saturated carbocycles. The molecule has 1 fully saturated rings. The summed E-state index contributed by atoms with van der Waals surface area (Å²) in [7, 11) is 0. The summed E-state index contributed by atoms with van der Waals surface area (Å²) in [6.45, 7) is 4.91. The third-order valence-corrected chi connectivity index (χ3v) is 3.89. The largest absolute Gasteiger partial charge is 0.385 e. The Kier molecular flexibility index (Phi) is 4.13. The van der Waals surface area contributed by atoms with Gasteiger partial charge >= 0.3 is 0 Å². The van der Waals surface area contributed by atoms with Crippen LogP contribution < -0.4 is 10.9 Å². The summed E-state index contributed by atoms with van der Waals surface area (Å²) < 4.78 is 6.62. The van der Waals surface area contributed by atoms with Gasteiger partial charge in [0.1, 0.15) is 10.6 Å². The maximum atomic E-state index is 11.8. The van der Waals surface area contributed by atoms with Crippen molar-refractivity contribution in [2.75, 3.05) is 18.5 Å². The van der Waals surface area contributed by atoms with Gasteiger partial charge in [-0.25, -0.2) is 4.68 Å². The fourth-order valence-electron chi connectivity index (χ4n) is 2.06. The Morgan fingerprint density at radius 3 is 3.05 bits per heavy atom. The van der Waals surface area contributed by atoms with Crippen LogP contribution in [0.15, 0.2) is 11.0 Å². The molecule has 2 atom stereocenters. The molecule has 0 amide bonds. The van der Waals surface area contributed by atoms with Crippen LogP contribution in [0, 0.1) is 0 Å². The Hall–Kier alpha value is -1.11. The van der Waals surface area contributed by atoms with E-state index in [1.54, 1.807) is 0 Å². The van der Waals surface area contributed by atoms with Crippen LogP contribution in [0.4, 0.5) is 5.69 Å². The van der Waals surface area contributed by atoms with Gasteiger partial charge in [-0.15, -0.1) is 0 Å². The fourth-order valence-corrected chi connectivity index (χ4v) is 2.28. The highest BCUT2D eigenvalue weighted by atomic mass is 35.5. The number of hydrogen-bond acceptors (Lipinski definition) is 5. The van der Waals surface area contributed by atoms with Gasteiger partial charge in [-0.3, -0.25) is 4.79 Å². The standard InChI is InChI=1S/C12H18ClN3O3/c1-3-16-11(17)10(13)9(6-15-16)14-7-12(18)4-5-19-8(12)2/h6,8,14,18H,3-5,7H2,1-2H3. The molecule has 1 saturated heterocycles. The second kappa shape index (κ2) is 5.48. The number of aryl methyl sites for hydroxylation is 1. The SMILES string of the molecule is CCn1ncc(NCC2(O)CCOC2C)c(Cl)c1=O. The molecule has 1 aromatic heterocycles. The quantitative estimate of drug-likeness (QED) is 0.859. The number of nitrogens with one attached hydrogen (secondary N) is 1. The molecular formula is C12H18ClN3O3. The third kappa shape index (κ3) is 2.75. The topological polar surface area (TPSA) is 76.4 Å². The van der Waals surface area contributed by atoms with Crippen molar-refractivity contribution in [3.63, 3.8) is 0 Å². The van der Waals surface area contributed by atoms with Crippen molar-refractivity contribution in [3.05, 3.63) is 21.6 Å². The molecular weight excluding hydrogens is 270 g/mol. The van der Waals surface area contributed by atoms with Crippen LogP contribution in [0.25, 0.3) is 0 Å². The molecule has 1 aliphatic heterocycles. The van der Waals surface area contributed by atoms with E-state index in [1.165, 1.54) is 10.9 Å². The molecule has 19 heavy (non-hydrogen) atoms. The Labute approximate surface area is 116 Å². The zero-order chi connectivity index (χ0) is 14.0. The fraction of sp³-hybridized carbons (Fsp3) is 0.667. The number of aliphatic hydroxyl groups is 1. The molecule has 2 rings (SSSR count). The second-order valence-corrected chi connectivity index (χ2v) is 5.09. The van der Waals surface area contributed by atoms with Crippen LogP contribution in [0.3, 0.4) is 0 Å². The molecule has 0 aliphatic carbocycles. The predicted octanol–water partition coefficient (Wildman–Crippen LogP) is 0.868. The Bertz CT molecular complexity index is 519. The van der Waals surface area contributed by atoms with Crippen LogP contribution in [0.2, 0.25) is 5.02 Å². The van der Waals surface area contributed by atoms with E-state index in [-0.39, 0.29) is 23.2 Å². The van der Waals surface area contributed by atoms with Crippen molar-refractivity contribution in [3.8, 4) is 0 Å². The zero-order valence-electron chi connectivity index (χ0n) is 11.0. The Balaban J connectivity index is 2.12. The lowest BCUT2D eigenvalue weighted by atomic mass is 9.97. The molecule has 2 heterocycles. The highest BCUT2D eigenvalue weighted by molar-refractivity contribution is 6.32. The first kappa shape index (κ1) is 14.3. The Morgan fingerprint density at radius 2 is 2.47 bits per heavy atom. The summed E-state index contributed by atoms with van der Waals surface area (Å²) in [6.07, 6.45) is 1.80. The lowest BCUT2D eigenvalue weighted by molar-refractivity contribution is -0.0176. The van der Waals surface area contributed by atoms with Gasteiger partial charge in [0.25, 0.3) is 5.56 Å². The van der Waals surface area contributed by atoms with E-state index in [9.17, 15) is 9.90 Å². The summed E-state index contributed by atoms with van der Waals surface area (Å²) in [4.78, 5) is 11.8. The number of rotatable bonds is 4. The minimum Gasteiger partial charge on any atom is -0.385 e. The molecule has 1 aliphatic rings. The van der Waals surface area contributed by atoms with E-state index in [4.69, 9.17) is 16.3 Å². The minimum atomic E-state index is -0.942. The normalized spacial score (nSPS) is 26.6. The number of halogens is 1. The summed E-state index contributed by atoms with van der Waals surface area (Å²) in [5, 5.41) is 17.4. The van der Waals surface area contributed by atoms with Crippen LogP contribution >= 0.6 is 11.6 Å². The van der Waals surface area contributed by atoms with E-state index >= 15 is 0 Å². The van der Waals surface area contributed by atoms with Gasteiger partial charge in [0, 0.05) is 26.1 Å². The van der Waals surface area contributed by atoms with Crippen molar-refractivity contribution in [2.24, 2.45) is 0 Å². The van der Waals surface area contributed by atoms with Crippen molar-refractivity contribution < 1.29 is 9.84 Å². The van der Waals surface area contributed by atoms with Crippen LogP contribution in [-0.2, 0) is 11.3 Å². The van der Waals surface area contributed by atoms with Crippen molar-refractivity contribution in [1.82, 2.24) is 9.78 Å². The number of hydrogen-bond donors (Lipinski definition) is 2. The van der Waals surface area contributed by atoms with Gasteiger partial charge in [-0.2, -0.15) is 5.10 Å². The van der Waals surface area contributed by atoms with E-state index in [1.807, 2.05) is 13.8 Å². The molecule has 2 unspecified atom stereocenters. The van der Waals surface area contributed by atoms with Crippen molar-refractivity contribution >= 4 is 17.3 Å². The maximum absolute atomic E-state index is 11.8. The molecule has 1 aromatic rings. The molecule has 7 heteroatoms. The summed E-state index contributed by atoms with van der Waals surface area (Å²) in [5.74, 6) is 0. The molecule has 0 bridgehead atoms. The number of anilines is 1. The van der Waals surface area contributed by atoms with Crippen LogP contribution in [0.5, 0.6) is 0 Å². The average molecular weight is 288 g/mol. The van der Waals surface area contributed by atoms with E-state index in [2.05, 4.69) is 10.4 Å². The first-order chi connectivity index (χ1) is 8.98. The number of ether oxygens (including phenoxy) is 1. The van der Waals surface area contributed by atoms with E-state index < -0.39 is 5.60 Å². The smallest absolute Gasteiger partial charge is 0.287 e. The van der Waals surface area contributed by atoms with Gasteiger partial charge < -0.3 is 15.2 Å². The lowest BCUT2D eigenvalue weighted by Crippen LogP contribution is -2.43. The van der Waals surface area contributed by atoms with E-state index in [0.29, 0.717) is 25.3 Å². The predicted molar refractivity (Wildman–Crippen MR) is 72.7 cm³/mol. The maximum Gasteiger partial charge on any atom is 0.287 e. The van der Waals surface area contributed by atoms with Crippen LogP contribution in [-0.4, -0.2) is 39.7 Å². The van der Waals surface area contributed by atoms with Crippen LogP contribution in [0.1, 0.15) is 20.3 Å². The highest BCUT2D eigenvalue weighted by Crippen LogP contribution is 2.26. The third-order valence-electron chi connectivity index (χ3n) is 3.53. The molecule has 2 N–H and O–H groups in total. The molecule has 106 valence electrons. The zero-order valence-corrected chi connectivity index (χ0v) is 11.8. The Morgan fingerprint density at radius 1 is 1.74 bits per heavy atom. The average Bonchev–Trinajstić information content (AvgIpc) is 2.72. The molecule has 0 spiro atoms. The number of nitrogens with zero attached hydrogens (tertiary/aromatic N) is 2. The summed E-state index contributed by atoms with van der Waals surface area (Å²) in [6, 6.07) is 0. The van der Waals surface area contributed by atoms with Gasteiger partial charge in [0.05, 0.1) is 18.0 Å².